The van der Waals surface area contributed by atoms with Gasteiger partial charge in [-0.1, -0.05) is 36.4 Å². The van der Waals surface area contributed by atoms with Gasteiger partial charge in [0.2, 0.25) is 0 Å². The van der Waals surface area contributed by atoms with Gasteiger partial charge >= 0.3 is 6.09 Å². The van der Waals surface area contributed by atoms with Crippen molar-refractivity contribution < 1.29 is 14.6 Å². The van der Waals surface area contributed by atoms with Gasteiger partial charge in [0.05, 0.1) is 6.61 Å². The average Bonchev–Trinajstić information content (AvgIpc) is 2.66. The van der Waals surface area contributed by atoms with Crippen LogP contribution in [0.4, 0.5) is 4.79 Å². The number of aliphatic hydroxyl groups excluding tert-OH is 1. The molecule has 0 bridgehead atoms. The van der Waals surface area contributed by atoms with Crippen molar-refractivity contribution in [2.45, 2.75) is 45.8 Å². The Hall–Kier alpha value is -1.85. The van der Waals surface area contributed by atoms with Crippen LogP contribution in [0, 0.1) is 17.8 Å². The Kier molecular flexibility index (Phi) is 6.78. The van der Waals surface area contributed by atoms with E-state index < -0.39 is 5.60 Å². The lowest BCUT2D eigenvalue weighted by Crippen LogP contribution is -2.49. The van der Waals surface area contributed by atoms with Crippen LogP contribution in [0.15, 0.2) is 42.0 Å². The molecule has 1 amide bonds. The van der Waals surface area contributed by atoms with Crippen molar-refractivity contribution in [3.05, 3.63) is 47.5 Å². The number of rotatable bonds is 5. The summed E-state index contributed by atoms with van der Waals surface area (Å²) in [5.74, 6) is 1.32. The Morgan fingerprint density at radius 3 is 2.71 bits per heavy atom. The molecule has 1 aliphatic heterocycles. The molecule has 0 aromatic heterocycles. The van der Waals surface area contributed by atoms with Crippen LogP contribution >= 0.6 is 0 Å². The number of hydrogen-bond acceptors (Lipinski definition) is 4. The quantitative estimate of drug-likeness (QED) is 0.759. The number of fused-ring (bicyclic) bond motifs is 1. The Morgan fingerprint density at radius 2 is 2.04 bits per heavy atom. The highest BCUT2D eigenvalue weighted by atomic mass is 16.6. The first-order valence-corrected chi connectivity index (χ1v) is 10.4. The molecular formula is C23H34N2O3. The number of ether oxygens (including phenoxy) is 1. The number of piperidine rings is 1. The number of carbonyl (C=O) groups excluding carboxylic acids is 1. The van der Waals surface area contributed by atoms with Gasteiger partial charge in [-0.05, 0) is 69.0 Å². The van der Waals surface area contributed by atoms with Gasteiger partial charge in [0, 0.05) is 19.6 Å². The minimum Gasteiger partial charge on any atom is -0.444 e. The molecule has 5 heteroatoms. The van der Waals surface area contributed by atoms with Gasteiger partial charge in [-0.15, -0.1) is 0 Å². The van der Waals surface area contributed by atoms with E-state index in [4.69, 9.17) is 4.74 Å². The minimum atomic E-state index is -0.476. The van der Waals surface area contributed by atoms with Crippen molar-refractivity contribution in [2.75, 3.05) is 26.2 Å². The Bertz CT molecular complexity index is 681. The molecule has 3 atom stereocenters. The molecule has 0 unspecified atom stereocenters. The molecule has 2 N–H and O–H groups in total. The van der Waals surface area contributed by atoms with Crippen LogP contribution < -0.4 is 5.32 Å². The monoisotopic (exact) mass is 386 g/mol. The van der Waals surface area contributed by atoms with E-state index in [-0.39, 0.29) is 12.7 Å². The molecule has 0 saturated carbocycles. The summed E-state index contributed by atoms with van der Waals surface area (Å²) in [6.45, 7) is 9.01. The predicted octanol–water partition coefficient (Wildman–Crippen LogP) is 3.59. The van der Waals surface area contributed by atoms with E-state index in [1.54, 1.807) is 0 Å². The van der Waals surface area contributed by atoms with Crippen molar-refractivity contribution in [1.29, 1.82) is 0 Å². The molecule has 1 fully saturated rings. The highest BCUT2D eigenvalue weighted by molar-refractivity contribution is 5.68. The molecule has 1 heterocycles. The lowest BCUT2D eigenvalue weighted by Gasteiger charge is -2.44. The molecule has 2 aliphatic rings. The predicted molar refractivity (Wildman–Crippen MR) is 111 cm³/mol. The van der Waals surface area contributed by atoms with Crippen molar-refractivity contribution in [3.63, 3.8) is 0 Å². The van der Waals surface area contributed by atoms with Crippen molar-refractivity contribution in [2.24, 2.45) is 17.8 Å². The second kappa shape index (κ2) is 9.10. The number of carbonyl (C=O) groups is 1. The molecule has 0 radical (unpaired) electrons. The van der Waals surface area contributed by atoms with Crippen molar-refractivity contribution >= 4 is 6.09 Å². The second-order valence-corrected chi connectivity index (χ2v) is 9.11. The maximum absolute atomic E-state index is 12.5. The third-order valence-corrected chi connectivity index (χ3v) is 5.73. The number of nitrogens with one attached hydrogen (secondary N) is 1. The van der Waals surface area contributed by atoms with E-state index in [2.05, 4.69) is 35.7 Å². The number of likely N-dealkylation sites (tertiary alicyclic amines) is 1. The Morgan fingerprint density at radius 1 is 1.29 bits per heavy atom. The number of benzene rings is 1. The van der Waals surface area contributed by atoms with E-state index in [0.29, 0.717) is 24.3 Å². The van der Waals surface area contributed by atoms with Crippen LogP contribution in [-0.4, -0.2) is 47.9 Å². The van der Waals surface area contributed by atoms with Crippen LogP contribution in [-0.2, 0) is 11.3 Å². The van der Waals surface area contributed by atoms with Crippen LogP contribution in [0.3, 0.4) is 0 Å². The molecule has 3 rings (SSSR count). The smallest absolute Gasteiger partial charge is 0.410 e. The summed E-state index contributed by atoms with van der Waals surface area (Å²) in [6.07, 6.45) is 3.90. The van der Waals surface area contributed by atoms with E-state index in [1.807, 2.05) is 31.7 Å². The average molecular weight is 387 g/mol. The number of nitrogens with zero attached hydrogens (tertiary/aromatic N) is 1. The number of hydrogen-bond donors (Lipinski definition) is 2. The second-order valence-electron chi connectivity index (χ2n) is 9.11. The zero-order valence-corrected chi connectivity index (χ0v) is 17.4. The van der Waals surface area contributed by atoms with Gasteiger partial charge in [-0.3, -0.25) is 0 Å². The highest BCUT2D eigenvalue weighted by Gasteiger charge is 2.38. The van der Waals surface area contributed by atoms with Crippen molar-refractivity contribution in [3.8, 4) is 0 Å². The van der Waals surface area contributed by atoms with Crippen LogP contribution in [0.1, 0.15) is 39.2 Å². The first-order chi connectivity index (χ1) is 13.4. The fourth-order valence-electron chi connectivity index (χ4n) is 4.45. The van der Waals surface area contributed by atoms with Gasteiger partial charge in [-0.2, -0.15) is 0 Å². The SMILES string of the molecule is CC(C)(C)OC(=O)N1CC[C@@H]2[C@@H](CNCc3ccccc3)CC(CO)=C[C@@H]2C1. The fourth-order valence-corrected chi connectivity index (χ4v) is 4.45. The third kappa shape index (κ3) is 5.58. The maximum atomic E-state index is 12.5. The summed E-state index contributed by atoms with van der Waals surface area (Å²) in [4.78, 5) is 14.3. The zero-order chi connectivity index (χ0) is 20.1. The summed E-state index contributed by atoms with van der Waals surface area (Å²) >= 11 is 0. The topological polar surface area (TPSA) is 61.8 Å². The van der Waals surface area contributed by atoms with Crippen molar-refractivity contribution in [1.82, 2.24) is 10.2 Å². The van der Waals surface area contributed by atoms with Crippen LogP contribution in [0.5, 0.6) is 0 Å². The zero-order valence-electron chi connectivity index (χ0n) is 17.4. The summed E-state index contributed by atoms with van der Waals surface area (Å²) in [5, 5.41) is 13.3. The van der Waals surface area contributed by atoms with Gasteiger partial charge in [0.1, 0.15) is 5.60 Å². The fraction of sp³-hybridized carbons (Fsp3) is 0.609. The van der Waals surface area contributed by atoms with E-state index in [0.717, 1.165) is 38.0 Å². The molecule has 0 spiro atoms. The Labute approximate surface area is 168 Å². The van der Waals surface area contributed by atoms with Gasteiger partial charge in [0.25, 0.3) is 0 Å². The minimum absolute atomic E-state index is 0.102. The molecule has 28 heavy (non-hydrogen) atoms. The maximum Gasteiger partial charge on any atom is 0.410 e. The summed E-state index contributed by atoms with van der Waals surface area (Å²) < 4.78 is 5.56. The van der Waals surface area contributed by atoms with Gasteiger partial charge in [-0.25, -0.2) is 4.79 Å². The summed E-state index contributed by atoms with van der Waals surface area (Å²) in [5.41, 5.74) is 1.91. The normalized spacial score (nSPS) is 25.1. The summed E-state index contributed by atoms with van der Waals surface area (Å²) in [7, 11) is 0. The van der Waals surface area contributed by atoms with Gasteiger partial charge < -0.3 is 20.1 Å². The third-order valence-electron chi connectivity index (χ3n) is 5.73. The molecule has 154 valence electrons. The lowest BCUT2D eigenvalue weighted by atomic mass is 9.69. The lowest BCUT2D eigenvalue weighted by molar-refractivity contribution is 0.00814. The van der Waals surface area contributed by atoms with E-state index in [9.17, 15) is 9.90 Å². The molecule has 1 aromatic carbocycles. The molecular weight excluding hydrogens is 352 g/mol. The highest BCUT2D eigenvalue weighted by Crippen LogP contribution is 2.39. The van der Waals surface area contributed by atoms with E-state index in [1.165, 1.54) is 5.56 Å². The first kappa shape index (κ1) is 20.9. The summed E-state index contributed by atoms with van der Waals surface area (Å²) in [6, 6.07) is 10.4. The molecule has 1 aliphatic carbocycles. The largest absolute Gasteiger partial charge is 0.444 e. The first-order valence-electron chi connectivity index (χ1n) is 10.4. The molecule has 1 aromatic rings. The number of amides is 1. The standard InChI is InChI=1S/C23H34N2O3/c1-23(2,3)28-22(27)25-10-9-21-19(11-18(16-26)12-20(21)15-25)14-24-13-17-7-5-4-6-8-17/h4-8,12,19-21,24,26H,9-11,13-16H2,1-3H3/t19-,20-,21-/m1/s1. The van der Waals surface area contributed by atoms with E-state index >= 15 is 0 Å². The van der Waals surface area contributed by atoms with Gasteiger partial charge in [0.15, 0.2) is 0 Å². The van der Waals surface area contributed by atoms with Crippen LogP contribution in [0.25, 0.3) is 0 Å². The molecule has 5 nitrogen and oxygen atoms in total. The number of aliphatic hydroxyl groups is 1. The Balaban J connectivity index is 1.60. The van der Waals surface area contributed by atoms with Crippen LogP contribution in [0.2, 0.25) is 0 Å². The molecule has 1 saturated heterocycles.